The van der Waals surface area contributed by atoms with E-state index in [0.717, 1.165) is 22.0 Å². The highest BCUT2D eigenvalue weighted by Gasteiger charge is 2.06. The number of aryl methyl sites for hydroxylation is 2. The lowest BCUT2D eigenvalue weighted by molar-refractivity contribution is -0.115. The molecule has 0 radical (unpaired) electrons. The van der Waals surface area contributed by atoms with E-state index in [9.17, 15) is 4.79 Å². The van der Waals surface area contributed by atoms with E-state index in [-0.39, 0.29) is 12.5 Å². The molecule has 2 N–H and O–H groups in total. The van der Waals surface area contributed by atoms with Gasteiger partial charge in [0, 0.05) is 28.3 Å². The minimum absolute atomic E-state index is 0.0938. The maximum atomic E-state index is 11.8. The first-order valence-electron chi connectivity index (χ1n) is 6.22. The van der Waals surface area contributed by atoms with Crippen LogP contribution in [0.25, 0.3) is 0 Å². The molecule has 0 fully saturated rings. The molecule has 2 rings (SSSR count). The van der Waals surface area contributed by atoms with Gasteiger partial charge in [-0.2, -0.15) is 0 Å². The molecule has 0 spiro atoms. The molecule has 0 bridgehead atoms. The van der Waals surface area contributed by atoms with Crippen LogP contribution in [0.15, 0.2) is 23.6 Å². The van der Waals surface area contributed by atoms with E-state index in [1.54, 1.807) is 23.5 Å². The van der Waals surface area contributed by atoms with Crippen LogP contribution in [0.3, 0.4) is 0 Å². The number of thiazole rings is 1. The Morgan fingerprint density at radius 2 is 2.20 bits per heavy atom. The van der Waals surface area contributed by atoms with Gasteiger partial charge in [0.25, 0.3) is 0 Å². The van der Waals surface area contributed by atoms with E-state index < -0.39 is 0 Å². The smallest absolute Gasteiger partial charge is 0.238 e. The van der Waals surface area contributed by atoms with Crippen LogP contribution in [-0.4, -0.2) is 17.4 Å². The fourth-order valence-electron chi connectivity index (χ4n) is 1.69. The Morgan fingerprint density at radius 3 is 2.90 bits per heavy atom. The van der Waals surface area contributed by atoms with E-state index in [4.69, 9.17) is 11.6 Å². The van der Waals surface area contributed by atoms with Gasteiger partial charge in [-0.05, 0) is 31.5 Å². The Labute approximate surface area is 127 Å². The van der Waals surface area contributed by atoms with Gasteiger partial charge in [-0.1, -0.05) is 17.7 Å². The average Bonchev–Trinajstić information content (AvgIpc) is 2.80. The third kappa shape index (κ3) is 4.30. The molecule has 0 aliphatic rings. The molecule has 0 aliphatic heterocycles. The highest BCUT2D eigenvalue weighted by molar-refractivity contribution is 7.09. The highest BCUT2D eigenvalue weighted by Crippen LogP contribution is 2.19. The van der Waals surface area contributed by atoms with Crippen LogP contribution in [0, 0.1) is 13.8 Å². The Kier molecular flexibility index (Phi) is 5.11. The van der Waals surface area contributed by atoms with Gasteiger partial charge in [-0.15, -0.1) is 11.3 Å². The normalized spacial score (nSPS) is 10.6. The number of nitrogens with one attached hydrogen (secondary N) is 2. The first kappa shape index (κ1) is 15.0. The minimum atomic E-state index is -0.0938. The lowest BCUT2D eigenvalue weighted by Gasteiger charge is -2.09. The summed E-state index contributed by atoms with van der Waals surface area (Å²) in [5, 5.41) is 9.49. The summed E-state index contributed by atoms with van der Waals surface area (Å²) in [6.07, 6.45) is 0. The molecule has 0 unspecified atom stereocenters. The summed E-state index contributed by atoms with van der Waals surface area (Å²) < 4.78 is 0. The molecule has 0 saturated carbocycles. The summed E-state index contributed by atoms with van der Waals surface area (Å²) in [5.41, 5.74) is 2.73. The SMILES string of the molecule is Cc1csc(CNCC(=O)Nc2cc(Cl)ccc2C)n1. The van der Waals surface area contributed by atoms with Crippen molar-refractivity contribution >= 4 is 34.5 Å². The standard InChI is InChI=1S/C14H16ClN3OS/c1-9-3-4-11(15)5-12(9)18-13(19)6-16-7-14-17-10(2)8-20-14/h3-5,8,16H,6-7H2,1-2H3,(H,18,19). The summed E-state index contributed by atoms with van der Waals surface area (Å²) in [7, 11) is 0. The zero-order valence-electron chi connectivity index (χ0n) is 11.4. The Morgan fingerprint density at radius 1 is 1.40 bits per heavy atom. The second kappa shape index (κ2) is 6.83. The molecule has 2 aromatic rings. The van der Waals surface area contributed by atoms with Crippen molar-refractivity contribution in [1.82, 2.24) is 10.3 Å². The van der Waals surface area contributed by atoms with Crippen LogP contribution in [-0.2, 0) is 11.3 Å². The van der Waals surface area contributed by atoms with Crippen molar-refractivity contribution < 1.29 is 4.79 Å². The maximum absolute atomic E-state index is 11.8. The zero-order chi connectivity index (χ0) is 14.5. The van der Waals surface area contributed by atoms with E-state index >= 15 is 0 Å². The third-order valence-electron chi connectivity index (χ3n) is 2.70. The van der Waals surface area contributed by atoms with Crippen LogP contribution in [0.5, 0.6) is 0 Å². The van der Waals surface area contributed by atoms with Gasteiger partial charge in [0.05, 0.1) is 6.54 Å². The number of hydrogen-bond donors (Lipinski definition) is 2. The van der Waals surface area contributed by atoms with Crippen LogP contribution < -0.4 is 10.6 Å². The number of halogens is 1. The van der Waals surface area contributed by atoms with Gasteiger partial charge in [-0.3, -0.25) is 4.79 Å². The Hall–Kier alpha value is -1.43. The van der Waals surface area contributed by atoms with Crippen molar-refractivity contribution in [1.29, 1.82) is 0 Å². The molecule has 0 aliphatic carbocycles. The van der Waals surface area contributed by atoms with Crippen LogP contribution in [0.2, 0.25) is 5.02 Å². The van der Waals surface area contributed by atoms with Crippen LogP contribution in [0.4, 0.5) is 5.69 Å². The number of aromatic nitrogens is 1. The predicted molar refractivity (Wildman–Crippen MR) is 83.4 cm³/mol. The quantitative estimate of drug-likeness (QED) is 0.892. The lowest BCUT2D eigenvalue weighted by Crippen LogP contribution is -2.27. The van der Waals surface area contributed by atoms with Crippen molar-refractivity contribution in [2.75, 3.05) is 11.9 Å². The monoisotopic (exact) mass is 309 g/mol. The molecular formula is C14H16ClN3OS. The highest BCUT2D eigenvalue weighted by atomic mass is 35.5. The number of benzene rings is 1. The number of carbonyl (C=O) groups is 1. The Bertz CT molecular complexity index is 612. The molecule has 0 saturated heterocycles. The molecule has 20 heavy (non-hydrogen) atoms. The third-order valence-corrected chi connectivity index (χ3v) is 3.90. The van der Waals surface area contributed by atoms with E-state index in [1.165, 1.54) is 0 Å². The second-order valence-corrected chi connectivity index (χ2v) is 5.87. The molecule has 106 valence electrons. The molecule has 1 aromatic heterocycles. The summed E-state index contributed by atoms with van der Waals surface area (Å²) in [5.74, 6) is -0.0938. The number of hydrogen-bond acceptors (Lipinski definition) is 4. The van der Waals surface area contributed by atoms with Crippen molar-refractivity contribution in [2.45, 2.75) is 20.4 Å². The first-order chi connectivity index (χ1) is 9.54. The van der Waals surface area contributed by atoms with Crippen LogP contribution in [0.1, 0.15) is 16.3 Å². The number of rotatable bonds is 5. The van der Waals surface area contributed by atoms with Gasteiger partial charge < -0.3 is 10.6 Å². The molecule has 0 atom stereocenters. The van der Waals surface area contributed by atoms with Crippen molar-refractivity contribution in [3.05, 3.63) is 44.9 Å². The van der Waals surface area contributed by atoms with Gasteiger partial charge in [0.15, 0.2) is 0 Å². The fraction of sp³-hybridized carbons (Fsp3) is 0.286. The number of amides is 1. The van der Waals surface area contributed by atoms with Crippen molar-refractivity contribution in [3.8, 4) is 0 Å². The number of nitrogens with zero attached hydrogens (tertiary/aromatic N) is 1. The van der Waals surface area contributed by atoms with Gasteiger partial charge >= 0.3 is 0 Å². The summed E-state index contributed by atoms with van der Waals surface area (Å²) in [4.78, 5) is 16.2. The number of anilines is 1. The molecule has 6 heteroatoms. The Balaban J connectivity index is 1.82. The van der Waals surface area contributed by atoms with Crippen LogP contribution >= 0.6 is 22.9 Å². The fourth-order valence-corrected chi connectivity index (χ4v) is 2.60. The van der Waals surface area contributed by atoms with E-state index in [1.807, 2.05) is 25.3 Å². The minimum Gasteiger partial charge on any atom is -0.325 e. The van der Waals surface area contributed by atoms with Crippen molar-refractivity contribution in [3.63, 3.8) is 0 Å². The van der Waals surface area contributed by atoms with E-state index in [2.05, 4.69) is 15.6 Å². The molecule has 1 amide bonds. The lowest BCUT2D eigenvalue weighted by atomic mass is 10.2. The number of carbonyl (C=O) groups excluding carboxylic acids is 1. The average molecular weight is 310 g/mol. The molecule has 1 heterocycles. The van der Waals surface area contributed by atoms with Gasteiger partial charge in [-0.25, -0.2) is 4.98 Å². The largest absolute Gasteiger partial charge is 0.325 e. The molecule has 1 aromatic carbocycles. The maximum Gasteiger partial charge on any atom is 0.238 e. The molecular weight excluding hydrogens is 294 g/mol. The topological polar surface area (TPSA) is 54.0 Å². The summed E-state index contributed by atoms with van der Waals surface area (Å²) in [6, 6.07) is 5.43. The summed E-state index contributed by atoms with van der Waals surface area (Å²) >= 11 is 7.50. The molecule has 4 nitrogen and oxygen atoms in total. The van der Waals surface area contributed by atoms with Gasteiger partial charge in [0.1, 0.15) is 5.01 Å². The zero-order valence-corrected chi connectivity index (χ0v) is 12.9. The van der Waals surface area contributed by atoms with Crippen molar-refractivity contribution in [2.24, 2.45) is 0 Å². The van der Waals surface area contributed by atoms with E-state index in [0.29, 0.717) is 11.6 Å². The summed E-state index contributed by atoms with van der Waals surface area (Å²) in [6.45, 7) is 4.72. The van der Waals surface area contributed by atoms with Gasteiger partial charge in [0.2, 0.25) is 5.91 Å². The first-order valence-corrected chi connectivity index (χ1v) is 7.48. The predicted octanol–water partition coefficient (Wildman–Crippen LogP) is 3.14. The second-order valence-electron chi connectivity index (χ2n) is 4.49.